The average molecular weight is 587 g/mol. The van der Waals surface area contributed by atoms with Gasteiger partial charge < -0.3 is 0 Å². The molecular formula is C30H26N4O3S3. The van der Waals surface area contributed by atoms with Gasteiger partial charge in [0.2, 0.25) is 5.13 Å². The molecule has 0 bridgehead atoms. The Bertz CT molecular complexity index is 1690. The molecule has 40 heavy (non-hydrogen) atoms. The number of carbonyl (C=O) groups excluding carboxylic acids is 1. The average Bonchev–Trinajstić information content (AvgIpc) is 3.43. The molecule has 202 valence electrons. The van der Waals surface area contributed by atoms with E-state index < -0.39 is 15.9 Å². The fourth-order valence-electron chi connectivity index (χ4n) is 3.97. The van der Waals surface area contributed by atoms with Crippen molar-refractivity contribution in [3.8, 4) is 0 Å². The summed E-state index contributed by atoms with van der Waals surface area (Å²) in [6.45, 7) is 1.96. The van der Waals surface area contributed by atoms with Crippen LogP contribution in [0.4, 0.5) is 10.8 Å². The zero-order valence-corrected chi connectivity index (χ0v) is 24.0. The van der Waals surface area contributed by atoms with Crippen LogP contribution in [0.5, 0.6) is 0 Å². The topological polar surface area (TPSA) is 92.3 Å². The number of aryl methyl sites for hydroxylation is 1. The number of nitrogens with one attached hydrogen (secondary N) is 1. The molecule has 0 saturated heterocycles. The van der Waals surface area contributed by atoms with Crippen molar-refractivity contribution < 1.29 is 13.2 Å². The zero-order valence-electron chi connectivity index (χ0n) is 21.6. The number of rotatable bonds is 10. The van der Waals surface area contributed by atoms with Crippen LogP contribution in [0.15, 0.2) is 118 Å². The van der Waals surface area contributed by atoms with E-state index in [0.717, 1.165) is 26.8 Å². The summed E-state index contributed by atoms with van der Waals surface area (Å²) in [5, 5.41) is 11.5. The van der Waals surface area contributed by atoms with Crippen molar-refractivity contribution >= 4 is 49.8 Å². The predicted molar refractivity (Wildman–Crippen MR) is 161 cm³/mol. The number of hydrogen-bond acceptors (Lipinski definition) is 7. The first-order chi connectivity index (χ1) is 19.4. The SMILES string of the molecule is Cc1ccc(S(=O)(=O)N(Cc2ccccc2)c2ccccc2C(=O)Nc2nnc(SCc3ccccc3)s2)cc1. The van der Waals surface area contributed by atoms with E-state index in [1.54, 1.807) is 48.5 Å². The second-order valence-corrected chi connectivity index (χ2v) is 13.0. The Balaban J connectivity index is 1.42. The number of anilines is 2. The number of thioether (sulfide) groups is 1. The molecule has 0 spiro atoms. The van der Waals surface area contributed by atoms with Crippen LogP contribution in [0.25, 0.3) is 0 Å². The van der Waals surface area contributed by atoms with E-state index in [0.29, 0.717) is 5.13 Å². The van der Waals surface area contributed by atoms with Crippen molar-refractivity contribution in [1.82, 2.24) is 10.2 Å². The van der Waals surface area contributed by atoms with E-state index >= 15 is 0 Å². The molecular weight excluding hydrogens is 561 g/mol. The Kier molecular flexibility index (Phi) is 8.59. The van der Waals surface area contributed by atoms with Gasteiger partial charge in [-0.3, -0.25) is 14.4 Å². The number of sulfonamides is 1. The van der Waals surface area contributed by atoms with Gasteiger partial charge in [0.1, 0.15) is 0 Å². The van der Waals surface area contributed by atoms with Gasteiger partial charge in [0.05, 0.1) is 22.7 Å². The minimum atomic E-state index is -4.00. The van der Waals surface area contributed by atoms with Crippen molar-refractivity contribution in [2.75, 3.05) is 9.62 Å². The maximum absolute atomic E-state index is 13.9. The lowest BCUT2D eigenvalue weighted by atomic mass is 10.1. The van der Waals surface area contributed by atoms with E-state index in [1.165, 1.54) is 27.4 Å². The first kappa shape index (κ1) is 27.6. The van der Waals surface area contributed by atoms with Crippen LogP contribution in [0, 0.1) is 6.92 Å². The summed E-state index contributed by atoms with van der Waals surface area (Å²) < 4.78 is 29.9. The number of carbonyl (C=O) groups is 1. The monoisotopic (exact) mass is 586 g/mol. The van der Waals surface area contributed by atoms with Crippen molar-refractivity contribution in [2.45, 2.75) is 28.5 Å². The van der Waals surface area contributed by atoms with Crippen molar-refractivity contribution in [3.63, 3.8) is 0 Å². The number of amides is 1. The third kappa shape index (κ3) is 6.59. The molecule has 0 unspecified atom stereocenters. The Morgan fingerprint density at radius 1 is 0.825 bits per heavy atom. The molecule has 0 radical (unpaired) electrons. The molecule has 5 aromatic rings. The largest absolute Gasteiger partial charge is 0.296 e. The van der Waals surface area contributed by atoms with Gasteiger partial charge in [-0.05, 0) is 42.3 Å². The smallest absolute Gasteiger partial charge is 0.264 e. The molecule has 0 fully saturated rings. The van der Waals surface area contributed by atoms with E-state index in [-0.39, 0.29) is 22.7 Å². The van der Waals surface area contributed by atoms with E-state index in [4.69, 9.17) is 0 Å². The van der Waals surface area contributed by atoms with Gasteiger partial charge in [0.25, 0.3) is 15.9 Å². The molecule has 0 aliphatic rings. The summed E-state index contributed by atoms with van der Waals surface area (Å²) in [4.78, 5) is 13.6. The minimum Gasteiger partial charge on any atom is -0.296 e. The fourth-order valence-corrected chi connectivity index (χ4v) is 7.15. The highest BCUT2D eigenvalue weighted by molar-refractivity contribution is 8.00. The second-order valence-electron chi connectivity index (χ2n) is 8.93. The third-order valence-corrected chi connectivity index (χ3v) is 9.84. The van der Waals surface area contributed by atoms with Crippen LogP contribution < -0.4 is 9.62 Å². The van der Waals surface area contributed by atoms with Crippen LogP contribution in [0.3, 0.4) is 0 Å². The number of benzene rings is 4. The Morgan fingerprint density at radius 2 is 1.45 bits per heavy atom. The second kappa shape index (κ2) is 12.5. The van der Waals surface area contributed by atoms with Crippen LogP contribution in [-0.4, -0.2) is 24.5 Å². The number of hydrogen-bond donors (Lipinski definition) is 1. The molecule has 7 nitrogen and oxygen atoms in total. The van der Waals surface area contributed by atoms with Crippen molar-refractivity contribution in [2.24, 2.45) is 0 Å². The lowest BCUT2D eigenvalue weighted by molar-refractivity contribution is 0.102. The van der Waals surface area contributed by atoms with E-state index in [2.05, 4.69) is 15.5 Å². The normalized spacial score (nSPS) is 11.2. The van der Waals surface area contributed by atoms with Crippen LogP contribution in [0.1, 0.15) is 27.0 Å². The predicted octanol–water partition coefficient (Wildman–Crippen LogP) is 6.79. The fraction of sp³-hybridized carbons (Fsp3) is 0.100. The van der Waals surface area contributed by atoms with Crippen LogP contribution in [-0.2, 0) is 22.3 Å². The molecule has 10 heteroatoms. The molecule has 1 N–H and O–H groups in total. The molecule has 0 aliphatic heterocycles. The minimum absolute atomic E-state index is 0.0560. The molecule has 0 atom stereocenters. The summed E-state index contributed by atoms with van der Waals surface area (Å²) in [5.41, 5.74) is 3.38. The standard InChI is InChI=1S/C30H26N4O3S3/c1-22-16-18-25(19-17-22)40(36,37)34(20-23-10-4-2-5-11-23)27-15-9-8-14-26(27)28(35)31-29-32-33-30(39-29)38-21-24-12-6-3-7-13-24/h2-19H,20-21H2,1H3,(H,31,32,35). The quantitative estimate of drug-likeness (QED) is 0.143. The lowest BCUT2D eigenvalue weighted by Gasteiger charge is -2.26. The van der Waals surface area contributed by atoms with Crippen LogP contribution >= 0.6 is 23.1 Å². The first-order valence-corrected chi connectivity index (χ1v) is 15.7. The molecule has 1 amide bonds. The van der Waals surface area contributed by atoms with Gasteiger partial charge in [-0.15, -0.1) is 10.2 Å². The van der Waals surface area contributed by atoms with Gasteiger partial charge >= 0.3 is 0 Å². The van der Waals surface area contributed by atoms with Crippen molar-refractivity contribution in [1.29, 1.82) is 0 Å². The van der Waals surface area contributed by atoms with Gasteiger partial charge in [-0.25, -0.2) is 8.42 Å². The Hall–Kier alpha value is -3.99. The zero-order chi connectivity index (χ0) is 28.0. The van der Waals surface area contributed by atoms with Gasteiger partial charge in [-0.2, -0.15) is 0 Å². The highest BCUT2D eigenvalue weighted by Crippen LogP contribution is 2.32. The Morgan fingerprint density at radius 3 is 2.15 bits per heavy atom. The first-order valence-electron chi connectivity index (χ1n) is 12.4. The summed E-state index contributed by atoms with van der Waals surface area (Å²) >= 11 is 2.81. The number of nitrogens with zero attached hydrogens (tertiary/aromatic N) is 3. The molecule has 4 aromatic carbocycles. The number of para-hydroxylation sites is 1. The highest BCUT2D eigenvalue weighted by atomic mass is 32.2. The van der Waals surface area contributed by atoms with Crippen molar-refractivity contribution in [3.05, 3.63) is 131 Å². The van der Waals surface area contributed by atoms with E-state index in [1.807, 2.05) is 67.6 Å². The van der Waals surface area contributed by atoms with Gasteiger partial charge in [-0.1, -0.05) is 114 Å². The molecule has 5 rings (SSSR count). The van der Waals surface area contributed by atoms with Crippen LogP contribution in [0.2, 0.25) is 0 Å². The maximum Gasteiger partial charge on any atom is 0.264 e. The molecule has 1 heterocycles. The Labute approximate surface area is 242 Å². The highest BCUT2D eigenvalue weighted by Gasteiger charge is 2.29. The summed E-state index contributed by atoms with van der Waals surface area (Å²) in [6, 6.07) is 32.7. The van der Waals surface area contributed by atoms with Gasteiger partial charge in [0, 0.05) is 5.75 Å². The summed E-state index contributed by atoms with van der Waals surface area (Å²) in [7, 11) is -4.00. The van der Waals surface area contributed by atoms with Gasteiger partial charge in [0.15, 0.2) is 4.34 Å². The summed E-state index contributed by atoms with van der Waals surface area (Å²) in [6.07, 6.45) is 0. The molecule has 0 saturated carbocycles. The lowest BCUT2D eigenvalue weighted by Crippen LogP contribution is -2.32. The summed E-state index contributed by atoms with van der Waals surface area (Å²) in [5.74, 6) is 0.265. The third-order valence-electron chi connectivity index (χ3n) is 6.03. The molecule has 0 aliphatic carbocycles. The maximum atomic E-state index is 13.9. The number of aromatic nitrogens is 2. The van der Waals surface area contributed by atoms with E-state index in [9.17, 15) is 13.2 Å². The molecule has 1 aromatic heterocycles.